The molecule has 0 aromatic carbocycles. The van der Waals surface area contributed by atoms with E-state index in [1.807, 2.05) is 30.3 Å². The van der Waals surface area contributed by atoms with Crippen LogP contribution in [0.5, 0.6) is 0 Å². The summed E-state index contributed by atoms with van der Waals surface area (Å²) >= 11 is 0. The van der Waals surface area contributed by atoms with Gasteiger partial charge in [0.1, 0.15) is 0 Å². The molecule has 1 aliphatic heterocycles. The van der Waals surface area contributed by atoms with Crippen LogP contribution in [0.1, 0.15) is 6.42 Å². The molecule has 0 amide bonds. The Labute approximate surface area is 66.2 Å². The Hall–Kier alpha value is -1.25. The summed E-state index contributed by atoms with van der Waals surface area (Å²) in [6.45, 7) is 0. The highest BCUT2D eigenvalue weighted by atomic mass is 16.4. The molecule has 1 heterocycles. The summed E-state index contributed by atoms with van der Waals surface area (Å²) in [5, 5.41) is 8.47. The summed E-state index contributed by atoms with van der Waals surface area (Å²) < 4.78 is 0. The van der Waals surface area contributed by atoms with Crippen LogP contribution in [-0.4, -0.2) is 18.4 Å². The van der Waals surface area contributed by atoms with Crippen LogP contribution in [0.2, 0.25) is 0 Å². The maximum Gasteiger partial charge on any atom is 0.306 e. The van der Waals surface area contributed by atoms with Gasteiger partial charge < -0.3 is 5.11 Å². The quantitative estimate of drug-likeness (QED) is 0.589. The monoisotopic (exact) mass is 148 g/mol. The average molecular weight is 148 g/mol. The fourth-order valence-electron chi connectivity index (χ4n) is 0.947. The van der Waals surface area contributed by atoms with E-state index >= 15 is 0 Å². The molecular formula is C8H9BO2. The van der Waals surface area contributed by atoms with E-state index in [1.165, 1.54) is 0 Å². The van der Waals surface area contributed by atoms with Crippen LogP contribution in [0, 0.1) is 0 Å². The number of rotatable bonds is 2. The van der Waals surface area contributed by atoms with E-state index in [-0.39, 0.29) is 6.42 Å². The molecular weight excluding hydrogens is 139 g/mol. The zero-order valence-electron chi connectivity index (χ0n) is 6.16. The molecule has 0 spiro atoms. The molecule has 56 valence electrons. The number of carboxylic acids is 1. The topological polar surface area (TPSA) is 37.3 Å². The molecule has 0 saturated carbocycles. The number of carboxylic acid groups (broad SMARTS) is 1. The van der Waals surface area contributed by atoms with Crippen LogP contribution in [0.3, 0.4) is 0 Å². The van der Waals surface area contributed by atoms with Crippen LogP contribution in [0.25, 0.3) is 0 Å². The van der Waals surface area contributed by atoms with Gasteiger partial charge in [-0.15, -0.1) is 5.98 Å². The first-order valence-corrected chi connectivity index (χ1v) is 3.52. The summed E-state index contributed by atoms with van der Waals surface area (Å²) in [5.74, 6) is 1.19. The predicted molar refractivity (Wildman–Crippen MR) is 45.8 cm³/mol. The van der Waals surface area contributed by atoms with Crippen molar-refractivity contribution in [3.63, 3.8) is 0 Å². The van der Waals surface area contributed by atoms with Crippen molar-refractivity contribution >= 4 is 13.2 Å². The molecule has 0 radical (unpaired) electrons. The van der Waals surface area contributed by atoms with Crippen molar-refractivity contribution in [2.75, 3.05) is 0 Å². The summed E-state index contributed by atoms with van der Waals surface area (Å²) in [7, 11) is 0.749. The molecule has 0 fully saturated rings. The number of allylic oxidation sites excluding steroid dienone is 4. The third kappa shape index (κ3) is 2.89. The Balaban J connectivity index is 2.57. The first-order valence-electron chi connectivity index (χ1n) is 3.52. The van der Waals surface area contributed by atoms with E-state index < -0.39 is 5.97 Å². The third-order valence-electron chi connectivity index (χ3n) is 1.45. The van der Waals surface area contributed by atoms with Crippen molar-refractivity contribution in [1.82, 2.24) is 0 Å². The number of hydrogen-bond donors (Lipinski definition) is 1. The van der Waals surface area contributed by atoms with Crippen LogP contribution in [0.15, 0.2) is 35.8 Å². The van der Waals surface area contributed by atoms with Gasteiger partial charge in [-0.2, -0.15) is 0 Å². The predicted octanol–water partition coefficient (Wildman–Crippen LogP) is 0.865. The lowest BCUT2D eigenvalue weighted by atomic mass is 9.68. The molecule has 0 aromatic rings. The number of hydrogen-bond acceptors (Lipinski definition) is 1. The lowest BCUT2D eigenvalue weighted by Crippen LogP contribution is -2.01. The Morgan fingerprint density at radius 2 is 2.27 bits per heavy atom. The third-order valence-corrected chi connectivity index (χ3v) is 1.45. The molecule has 0 bridgehead atoms. The van der Waals surface area contributed by atoms with Gasteiger partial charge in [-0.05, 0) is 0 Å². The minimum atomic E-state index is -0.764. The molecule has 1 N–H and O–H groups in total. The highest BCUT2D eigenvalue weighted by molar-refractivity contribution is 6.51. The van der Waals surface area contributed by atoms with E-state index in [0.717, 1.165) is 12.8 Å². The highest BCUT2D eigenvalue weighted by Gasteiger charge is 2.02. The Bertz CT molecular complexity index is 238. The van der Waals surface area contributed by atoms with Gasteiger partial charge in [0, 0.05) is 0 Å². The van der Waals surface area contributed by atoms with E-state index in [4.69, 9.17) is 5.11 Å². The van der Waals surface area contributed by atoms with E-state index in [9.17, 15) is 4.79 Å². The van der Waals surface area contributed by atoms with Gasteiger partial charge in [0.15, 0.2) is 7.28 Å². The van der Waals surface area contributed by atoms with E-state index in [2.05, 4.69) is 0 Å². The second kappa shape index (κ2) is 3.81. The van der Waals surface area contributed by atoms with Crippen molar-refractivity contribution in [2.45, 2.75) is 6.42 Å². The molecule has 0 aliphatic carbocycles. The van der Waals surface area contributed by atoms with Crippen LogP contribution < -0.4 is 0 Å². The number of aliphatic carboxylic acids is 1. The maximum absolute atomic E-state index is 10.3. The van der Waals surface area contributed by atoms with Gasteiger partial charge in [0.2, 0.25) is 0 Å². The normalized spacial score (nSPS) is 15.1. The molecule has 11 heavy (non-hydrogen) atoms. The van der Waals surface area contributed by atoms with Crippen LogP contribution in [-0.2, 0) is 4.79 Å². The van der Waals surface area contributed by atoms with Gasteiger partial charge >= 0.3 is 5.97 Å². The van der Waals surface area contributed by atoms with Gasteiger partial charge in [0.25, 0.3) is 0 Å². The van der Waals surface area contributed by atoms with E-state index in [1.54, 1.807) is 0 Å². The first kappa shape index (κ1) is 7.86. The fraction of sp³-hybridized carbons (Fsp3) is 0.125. The van der Waals surface area contributed by atoms with Gasteiger partial charge in [-0.25, -0.2) is 0 Å². The van der Waals surface area contributed by atoms with Crippen molar-refractivity contribution in [3.05, 3.63) is 35.8 Å². The van der Waals surface area contributed by atoms with E-state index in [0.29, 0.717) is 0 Å². The molecule has 3 heteroatoms. The smallest absolute Gasteiger partial charge is 0.306 e. The lowest BCUT2D eigenvalue weighted by Gasteiger charge is -1.95. The van der Waals surface area contributed by atoms with Gasteiger partial charge in [-0.3, -0.25) is 4.79 Å². The summed E-state index contributed by atoms with van der Waals surface area (Å²) in [5.41, 5.74) is 0.947. The molecule has 1 aliphatic rings. The molecule has 0 atom stereocenters. The van der Waals surface area contributed by atoms with Gasteiger partial charge in [0.05, 0.1) is 6.42 Å². The number of carbonyl (C=O) groups is 1. The second-order valence-electron chi connectivity index (χ2n) is 2.41. The molecule has 0 unspecified atom stereocenters. The lowest BCUT2D eigenvalue weighted by molar-refractivity contribution is -0.136. The average Bonchev–Trinajstić information content (AvgIpc) is 2.14. The molecule has 1 rings (SSSR count). The molecule has 2 nitrogen and oxygen atoms in total. The Kier molecular flexibility index (Phi) is 2.72. The highest BCUT2D eigenvalue weighted by Crippen LogP contribution is 2.03. The zero-order valence-corrected chi connectivity index (χ0v) is 6.16. The van der Waals surface area contributed by atoms with Gasteiger partial charge in [-0.1, -0.05) is 29.8 Å². The van der Waals surface area contributed by atoms with Crippen LogP contribution >= 0.6 is 0 Å². The van der Waals surface area contributed by atoms with Crippen LogP contribution in [0.4, 0.5) is 0 Å². The Morgan fingerprint density at radius 3 is 3.00 bits per heavy atom. The minimum absolute atomic E-state index is 0.147. The van der Waals surface area contributed by atoms with Crippen molar-refractivity contribution in [1.29, 1.82) is 0 Å². The second-order valence-corrected chi connectivity index (χ2v) is 2.41. The maximum atomic E-state index is 10.3. The largest absolute Gasteiger partial charge is 0.481 e. The molecule has 0 saturated heterocycles. The zero-order chi connectivity index (χ0) is 8.10. The van der Waals surface area contributed by atoms with Crippen molar-refractivity contribution < 1.29 is 9.90 Å². The Morgan fingerprint density at radius 1 is 1.45 bits per heavy atom. The molecule has 0 aromatic heterocycles. The minimum Gasteiger partial charge on any atom is -0.481 e. The summed E-state index contributed by atoms with van der Waals surface area (Å²) in [6, 6.07) is 0. The summed E-state index contributed by atoms with van der Waals surface area (Å²) in [6.07, 6.45) is 7.69. The first-order chi connectivity index (χ1) is 5.29. The standard InChI is InChI=1S/C8H9BO2/c10-8(11)6-7-4-2-1-3-5-9-7/h1-5,9H,6H2,(H,10,11). The van der Waals surface area contributed by atoms with Crippen molar-refractivity contribution in [3.8, 4) is 0 Å². The fourth-order valence-corrected chi connectivity index (χ4v) is 0.947. The van der Waals surface area contributed by atoms with Crippen molar-refractivity contribution in [2.24, 2.45) is 0 Å². The summed E-state index contributed by atoms with van der Waals surface area (Å²) in [4.78, 5) is 10.3. The SMILES string of the molecule is O=C(O)CC1=CC=CC=CB1.